The summed E-state index contributed by atoms with van der Waals surface area (Å²) in [4.78, 5) is 32.8. The number of nitrogens with one attached hydrogen (secondary N) is 1. The second-order valence-electron chi connectivity index (χ2n) is 9.09. The fourth-order valence-corrected chi connectivity index (χ4v) is 6.20. The first-order valence-corrected chi connectivity index (χ1v) is 13.6. The Bertz CT molecular complexity index is 1510. The van der Waals surface area contributed by atoms with Crippen molar-refractivity contribution in [3.63, 3.8) is 0 Å². The summed E-state index contributed by atoms with van der Waals surface area (Å²) in [6, 6.07) is 14.9. The molecule has 1 amide bonds. The number of fused-ring (bicyclic) bond motifs is 2. The number of esters is 1. The lowest BCUT2D eigenvalue weighted by Gasteiger charge is -2.13. The van der Waals surface area contributed by atoms with Crippen molar-refractivity contribution in [2.45, 2.75) is 39.0 Å². The average Bonchev–Trinajstić information content (AvgIpc) is 3.11. The fraction of sp³-hybridized carbons (Fsp3) is 0.300. The largest absolute Gasteiger partial charge is 0.493 e. The third-order valence-electron chi connectivity index (χ3n) is 6.77. The number of aryl methyl sites for hydroxylation is 1. The van der Waals surface area contributed by atoms with Gasteiger partial charge in [0.15, 0.2) is 11.5 Å². The SMILES string of the molecule is CCOC(=O)c1c(NC(=O)c2cc(-c3ccc(OC)c(OC)c3)nc3ccccc23)sc2c1CCCCC2. The zero-order chi connectivity index (χ0) is 26.6. The molecule has 2 aromatic heterocycles. The van der Waals surface area contributed by atoms with Crippen molar-refractivity contribution < 1.29 is 23.8 Å². The molecule has 38 heavy (non-hydrogen) atoms. The summed E-state index contributed by atoms with van der Waals surface area (Å²) in [7, 11) is 3.17. The average molecular weight is 531 g/mol. The molecule has 0 unspecified atom stereocenters. The Labute approximate surface area is 225 Å². The van der Waals surface area contributed by atoms with E-state index in [-0.39, 0.29) is 18.5 Å². The molecular weight excluding hydrogens is 500 g/mol. The third-order valence-corrected chi connectivity index (χ3v) is 7.98. The Morgan fingerprint density at radius 1 is 0.974 bits per heavy atom. The van der Waals surface area contributed by atoms with Crippen LogP contribution in [0.1, 0.15) is 57.3 Å². The molecule has 8 heteroatoms. The van der Waals surface area contributed by atoms with E-state index < -0.39 is 0 Å². The lowest BCUT2D eigenvalue weighted by Crippen LogP contribution is -2.16. The number of para-hydroxylation sites is 1. The third kappa shape index (κ3) is 4.96. The summed E-state index contributed by atoms with van der Waals surface area (Å²) in [6.45, 7) is 2.07. The van der Waals surface area contributed by atoms with Gasteiger partial charge < -0.3 is 19.5 Å². The van der Waals surface area contributed by atoms with Crippen LogP contribution in [0.15, 0.2) is 48.5 Å². The van der Waals surface area contributed by atoms with Crippen molar-refractivity contribution in [1.82, 2.24) is 4.98 Å². The van der Waals surface area contributed by atoms with Crippen LogP contribution in [-0.2, 0) is 17.6 Å². The van der Waals surface area contributed by atoms with Crippen LogP contribution in [0.25, 0.3) is 22.2 Å². The molecule has 1 aliphatic rings. The first kappa shape index (κ1) is 25.7. The van der Waals surface area contributed by atoms with Gasteiger partial charge in [-0.3, -0.25) is 4.79 Å². The van der Waals surface area contributed by atoms with Crippen LogP contribution >= 0.6 is 11.3 Å². The van der Waals surface area contributed by atoms with Crippen molar-refractivity contribution in [1.29, 1.82) is 0 Å². The fourth-order valence-electron chi connectivity index (χ4n) is 4.93. The zero-order valence-electron chi connectivity index (χ0n) is 21.8. The number of thiophene rings is 1. The quantitative estimate of drug-likeness (QED) is 0.212. The van der Waals surface area contributed by atoms with Crippen molar-refractivity contribution >= 4 is 39.1 Å². The number of carbonyl (C=O) groups is 2. The highest BCUT2D eigenvalue weighted by Crippen LogP contribution is 2.39. The number of nitrogens with zero attached hydrogens (tertiary/aromatic N) is 1. The Balaban J connectivity index is 1.58. The van der Waals surface area contributed by atoms with Crippen LogP contribution in [0.2, 0.25) is 0 Å². The zero-order valence-corrected chi connectivity index (χ0v) is 22.6. The molecule has 7 nitrogen and oxygen atoms in total. The van der Waals surface area contributed by atoms with Gasteiger partial charge in [0.25, 0.3) is 5.91 Å². The number of rotatable bonds is 7. The second-order valence-corrected chi connectivity index (χ2v) is 10.2. The first-order valence-electron chi connectivity index (χ1n) is 12.8. The van der Waals surface area contributed by atoms with E-state index in [1.54, 1.807) is 27.2 Å². The maximum absolute atomic E-state index is 13.8. The van der Waals surface area contributed by atoms with Crippen LogP contribution in [0.5, 0.6) is 11.5 Å². The smallest absolute Gasteiger partial charge is 0.341 e. The molecule has 0 atom stereocenters. The normalized spacial score (nSPS) is 12.9. The molecule has 0 aliphatic heterocycles. The van der Waals surface area contributed by atoms with Crippen LogP contribution < -0.4 is 14.8 Å². The lowest BCUT2D eigenvalue weighted by molar-refractivity contribution is 0.0527. The van der Waals surface area contributed by atoms with Crippen LogP contribution in [-0.4, -0.2) is 37.7 Å². The first-order chi connectivity index (χ1) is 18.5. The van der Waals surface area contributed by atoms with Gasteiger partial charge in [-0.25, -0.2) is 9.78 Å². The number of hydrogen-bond acceptors (Lipinski definition) is 7. The van der Waals surface area contributed by atoms with Gasteiger partial charge in [0.05, 0.1) is 43.2 Å². The highest BCUT2D eigenvalue weighted by atomic mass is 32.1. The van der Waals surface area contributed by atoms with Gasteiger partial charge in [-0.15, -0.1) is 11.3 Å². The number of methoxy groups -OCH3 is 2. The minimum atomic E-state index is -0.382. The topological polar surface area (TPSA) is 86.8 Å². The van der Waals surface area contributed by atoms with E-state index in [4.69, 9.17) is 19.2 Å². The monoisotopic (exact) mass is 530 g/mol. The molecule has 0 saturated heterocycles. The molecule has 4 aromatic rings. The van der Waals surface area contributed by atoms with E-state index in [0.29, 0.717) is 38.8 Å². The predicted molar refractivity (Wildman–Crippen MR) is 150 cm³/mol. The maximum Gasteiger partial charge on any atom is 0.341 e. The van der Waals surface area contributed by atoms with Crippen molar-refractivity contribution in [2.24, 2.45) is 0 Å². The molecule has 2 heterocycles. The van der Waals surface area contributed by atoms with Crippen LogP contribution in [0.3, 0.4) is 0 Å². The standard InChI is InChI=1S/C30H30N2O5S/c1-4-37-30(34)27-20-11-6-5-7-13-26(20)38-29(27)32-28(33)21-17-23(31-22-12-9-8-10-19(21)22)18-14-15-24(35-2)25(16-18)36-3/h8-10,12,14-17H,4-7,11,13H2,1-3H3,(H,32,33). The van der Waals surface area contributed by atoms with E-state index in [9.17, 15) is 9.59 Å². The summed E-state index contributed by atoms with van der Waals surface area (Å²) in [5.74, 6) is 0.504. The number of anilines is 1. The number of ether oxygens (including phenoxy) is 3. The Kier molecular flexibility index (Phi) is 7.60. The van der Waals surface area contributed by atoms with Gasteiger partial charge in [-0.05, 0) is 68.5 Å². The number of carbonyl (C=O) groups excluding carboxylic acids is 2. The van der Waals surface area contributed by atoms with E-state index in [0.717, 1.165) is 53.5 Å². The van der Waals surface area contributed by atoms with Gasteiger partial charge in [0.2, 0.25) is 0 Å². The molecule has 0 spiro atoms. The van der Waals surface area contributed by atoms with E-state index in [1.807, 2.05) is 42.5 Å². The highest BCUT2D eigenvalue weighted by molar-refractivity contribution is 7.17. The molecular formula is C30H30N2O5S. The summed E-state index contributed by atoms with van der Waals surface area (Å²) >= 11 is 1.49. The highest BCUT2D eigenvalue weighted by Gasteiger charge is 2.27. The van der Waals surface area contributed by atoms with Crippen molar-refractivity contribution in [3.8, 4) is 22.8 Å². The molecule has 2 aromatic carbocycles. The molecule has 1 aliphatic carbocycles. The number of aromatic nitrogens is 1. The molecule has 0 radical (unpaired) electrons. The van der Waals surface area contributed by atoms with Gasteiger partial charge in [-0.2, -0.15) is 0 Å². The molecule has 0 saturated carbocycles. The summed E-state index contributed by atoms with van der Waals surface area (Å²) < 4.78 is 16.2. The number of amides is 1. The molecule has 196 valence electrons. The number of pyridine rings is 1. The van der Waals surface area contributed by atoms with E-state index >= 15 is 0 Å². The van der Waals surface area contributed by atoms with Crippen molar-refractivity contribution in [3.05, 3.63) is 70.1 Å². The van der Waals surface area contributed by atoms with Gasteiger partial charge >= 0.3 is 5.97 Å². The Morgan fingerprint density at radius 3 is 2.55 bits per heavy atom. The number of hydrogen-bond donors (Lipinski definition) is 1. The number of benzene rings is 2. The Morgan fingerprint density at radius 2 is 1.76 bits per heavy atom. The lowest BCUT2D eigenvalue weighted by atomic mass is 10.0. The maximum atomic E-state index is 13.8. The molecule has 1 N–H and O–H groups in total. The molecule has 0 bridgehead atoms. The molecule has 0 fully saturated rings. The minimum absolute atomic E-state index is 0.278. The van der Waals surface area contributed by atoms with Gasteiger partial charge in [-0.1, -0.05) is 24.6 Å². The summed E-state index contributed by atoms with van der Waals surface area (Å²) in [5, 5.41) is 4.34. The van der Waals surface area contributed by atoms with E-state index in [1.165, 1.54) is 11.3 Å². The predicted octanol–water partition coefficient (Wildman–Crippen LogP) is 6.68. The second kappa shape index (κ2) is 11.2. The van der Waals surface area contributed by atoms with Crippen molar-refractivity contribution in [2.75, 3.05) is 26.1 Å². The molecule has 5 rings (SSSR count). The van der Waals surface area contributed by atoms with E-state index in [2.05, 4.69) is 5.32 Å². The van der Waals surface area contributed by atoms with Gasteiger partial charge in [0.1, 0.15) is 5.00 Å². The summed E-state index contributed by atoms with van der Waals surface area (Å²) in [5.41, 5.74) is 4.10. The van der Waals surface area contributed by atoms with Gasteiger partial charge in [0, 0.05) is 15.8 Å². The van der Waals surface area contributed by atoms with Crippen LogP contribution in [0, 0.1) is 0 Å². The summed E-state index contributed by atoms with van der Waals surface area (Å²) in [6.07, 6.45) is 4.95. The van der Waals surface area contributed by atoms with Crippen LogP contribution in [0.4, 0.5) is 5.00 Å². The Hall–Kier alpha value is -3.91. The minimum Gasteiger partial charge on any atom is -0.493 e.